The molecule has 3 unspecified atom stereocenters. The zero-order valence-corrected chi connectivity index (χ0v) is 11.9. The van der Waals surface area contributed by atoms with Gasteiger partial charge in [-0.25, -0.2) is 0 Å². The fraction of sp³-hybridized carbons (Fsp3) is 0.571. The Kier molecular flexibility index (Phi) is 5.05. The van der Waals surface area contributed by atoms with Crippen LogP contribution in [0.15, 0.2) is 18.2 Å². The van der Waals surface area contributed by atoms with Crippen LogP contribution in [-0.4, -0.2) is 43.7 Å². The quantitative estimate of drug-likeness (QED) is 0.815. The number of halogens is 1. The Hall–Kier alpha value is -0.810. The van der Waals surface area contributed by atoms with Gasteiger partial charge in [-0.15, -0.1) is 0 Å². The maximum absolute atomic E-state index is 9.70. The summed E-state index contributed by atoms with van der Waals surface area (Å²) in [4.78, 5) is 0. The van der Waals surface area contributed by atoms with Gasteiger partial charge in [0.25, 0.3) is 0 Å². The summed E-state index contributed by atoms with van der Waals surface area (Å²) in [5.74, 6) is 0.638. The third kappa shape index (κ3) is 3.60. The molecule has 1 aliphatic rings. The van der Waals surface area contributed by atoms with Gasteiger partial charge in [-0.2, -0.15) is 0 Å². The zero-order valence-electron chi connectivity index (χ0n) is 11.1. The second kappa shape index (κ2) is 6.57. The molecule has 0 radical (unpaired) electrons. The summed E-state index contributed by atoms with van der Waals surface area (Å²) < 4.78 is 16.3. The van der Waals surface area contributed by atoms with Gasteiger partial charge in [0.15, 0.2) is 0 Å². The molecule has 19 heavy (non-hydrogen) atoms. The third-order valence-corrected chi connectivity index (χ3v) is 3.49. The highest BCUT2D eigenvalue weighted by Crippen LogP contribution is 2.33. The smallest absolute Gasteiger partial charge is 0.138 e. The van der Waals surface area contributed by atoms with E-state index in [1.54, 1.807) is 7.11 Å². The second-order valence-electron chi connectivity index (χ2n) is 4.72. The van der Waals surface area contributed by atoms with Gasteiger partial charge in [-0.05, 0) is 24.6 Å². The van der Waals surface area contributed by atoms with Crippen LogP contribution < -0.4 is 4.74 Å². The molecule has 0 bridgehead atoms. The van der Waals surface area contributed by atoms with Crippen molar-refractivity contribution in [1.29, 1.82) is 0 Å². The van der Waals surface area contributed by atoms with Gasteiger partial charge in [-0.3, -0.25) is 0 Å². The van der Waals surface area contributed by atoms with E-state index in [1.165, 1.54) is 0 Å². The largest absolute Gasteiger partial charge is 0.486 e. The fourth-order valence-corrected chi connectivity index (χ4v) is 2.19. The molecule has 0 heterocycles. The number of benzene rings is 1. The molecule has 1 fully saturated rings. The van der Waals surface area contributed by atoms with Crippen molar-refractivity contribution in [2.24, 2.45) is 0 Å². The van der Waals surface area contributed by atoms with Gasteiger partial charge in [0.1, 0.15) is 18.0 Å². The minimum atomic E-state index is -0.481. The van der Waals surface area contributed by atoms with Gasteiger partial charge in [0.2, 0.25) is 0 Å². The Morgan fingerprint density at radius 2 is 2.16 bits per heavy atom. The summed E-state index contributed by atoms with van der Waals surface area (Å²) in [6, 6.07) is 5.62. The molecule has 5 heteroatoms. The lowest BCUT2D eigenvalue weighted by atomic mass is 9.88. The van der Waals surface area contributed by atoms with Crippen LogP contribution in [0.1, 0.15) is 12.0 Å². The van der Waals surface area contributed by atoms with Crippen LogP contribution >= 0.6 is 11.6 Å². The van der Waals surface area contributed by atoms with E-state index in [4.69, 9.17) is 25.8 Å². The number of hydrogen-bond acceptors (Lipinski definition) is 4. The summed E-state index contributed by atoms with van der Waals surface area (Å²) in [6.45, 7) is 2.92. The zero-order chi connectivity index (χ0) is 13.8. The molecule has 1 aromatic rings. The van der Waals surface area contributed by atoms with Crippen LogP contribution in [0.2, 0.25) is 5.02 Å². The number of methoxy groups -OCH3 is 1. The van der Waals surface area contributed by atoms with E-state index >= 15 is 0 Å². The van der Waals surface area contributed by atoms with Crippen molar-refractivity contribution in [2.75, 3.05) is 20.3 Å². The SMILES string of the molecule is COCCOC1C(O)CC1Oc1cc(C)ccc1Cl. The number of aliphatic hydroxyl groups is 1. The number of aryl methyl sites for hydroxylation is 1. The van der Waals surface area contributed by atoms with Crippen molar-refractivity contribution in [2.45, 2.75) is 31.7 Å². The van der Waals surface area contributed by atoms with Crippen LogP contribution in [0.3, 0.4) is 0 Å². The van der Waals surface area contributed by atoms with E-state index in [9.17, 15) is 5.11 Å². The first-order valence-electron chi connectivity index (χ1n) is 6.33. The summed E-state index contributed by atoms with van der Waals surface area (Å²) in [5.41, 5.74) is 1.08. The van der Waals surface area contributed by atoms with E-state index in [-0.39, 0.29) is 12.2 Å². The average Bonchev–Trinajstić information content (AvgIpc) is 2.38. The predicted octanol–water partition coefficient (Wildman–Crippen LogP) is 2.19. The molecule has 0 spiro atoms. The highest BCUT2D eigenvalue weighted by atomic mass is 35.5. The van der Waals surface area contributed by atoms with E-state index < -0.39 is 6.10 Å². The lowest BCUT2D eigenvalue weighted by Crippen LogP contribution is -2.55. The molecule has 2 rings (SSSR count). The van der Waals surface area contributed by atoms with Crippen molar-refractivity contribution in [3.05, 3.63) is 28.8 Å². The number of hydrogen-bond donors (Lipinski definition) is 1. The van der Waals surface area contributed by atoms with Gasteiger partial charge in [-0.1, -0.05) is 17.7 Å². The molecule has 0 aliphatic heterocycles. The fourth-order valence-electron chi connectivity index (χ4n) is 2.02. The number of ether oxygens (including phenoxy) is 3. The lowest BCUT2D eigenvalue weighted by molar-refractivity contribution is -0.167. The topological polar surface area (TPSA) is 47.9 Å². The maximum Gasteiger partial charge on any atom is 0.138 e. The van der Waals surface area contributed by atoms with Crippen LogP contribution in [0.4, 0.5) is 0 Å². The van der Waals surface area contributed by atoms with Gasteiger partial charge < -0.3 is 19.3 Å². The van der Waals surface area contributed by atoms with Crippen LogP contribution in [0, 0.1) is 6.92 Å². The molecular weight excluding hydrogens is 268 g/mol. The molecule has 1 N–H and O–H groups in total. The van der Waals surface area contributed by atoms with Crippen LogP contribution in [-0.2, 0) is 9.47 Å². The van der Waals surface area contributed by atoms with Crippen molar-refractivity contribution >= 4 is 11.6 Å². The first-order chi connectivity index (χ1) is 9.11. The number of rotatable bonds is 6. The average molecular weight is 287 g/mol. The molecule has 0 amide bonds. The molecule has 0 aromatic heterocycles. The van der Waals surface area contributed by atoms with E-state index in [0.29, 0.717) is 30.4 Å². The Morgan fingerprint density at radius 1 is 1.37 bits per heavy atom. The van der Waals surface area contributed by atoms with Gasteiger partial charge >= 0.3 is 0 Å². The summed E-state index contributed by atoms with van der Waals surface area (Å²) in [5, 5.41) is 10.3. The van der Waals surface area contributed by atoms with E-state index in [1.807, 2.05) is 25.1 Å². The molecule has 1 aromatic carbocycles. The molecular formula is C14H19ClO4. The van der Waals surface area contributed by atoms with Gasteiger partial charge in [0.05, 0.1) is 24.3 Å². The Bertz CT molecular complexity index is 424. The first kappa shape index (κ1) is 14.6. The summed E-state index contributed by atoms with van der Waals surface area (Å²) in [6.07, 6.45) is -0.398. The maximum atomic E-state index is 9.70. The summed E-state index contributed by atoms with van der Waals surface area (Å²) >= 11 is 6.08. The molecule has 106 valence electrons. The minimum absolute atomic E-state index is 0.161. The second-order valence-corrected chi connectivity index (χ2v) is 5.13. The van der Waals surface area contributed by atoms with Crippen LogP contribution in [0.5, 0.6) is 5.75 Å². The highest BCUT2D eigenvalue weighted by Gasteiger charge is 2.43. The number of aliphatic hydroxyl groups excluding tert-OH is 1. The van der Waals surface area contributed by atoms with Crippen molar-refractivity contribution in [3.63, 3.8) is 0 Å². The molecule has 1 aliphatic carbocycles. The van der Waals surface area contributed by atoms with Crippen molar-refractivity contribution in [3.8, 4) is 5.75 Å². The molecule has 0 saturated heterocycles. The standard InChI is InChI=1S/C14H19ClO4/c1-9-3-4-10(15)12(7-9)19-13-8-11(16)14(13)18-6-5-17-2/h3-4,7,11,13-14,16H,5-6,8H2,1-2H3. The van der Waals surface area contributed by atoms with Crippen molar-refractivity contribution in [1.82, 2.24) is 0 Å². The van der Waals surface area contributed by atoms with Gasteiger partial charge in [0, 0.05) is 13.5 Å². The Labute approximate surface area is 118 Å². The van der Waals surface area contributed by atoms with E-state index in [0.717, 1.165) is 5.56 Å². The Balaban J connectivity index is 1.93. The highest BCUT2D eigenvalue weighted by molar-refractivity contribution is 6.32. The van der Waals surface area contributed by atoms with Crippen LogP contribution in [0.25, 0.3) is 0 Å². The van der Waals surface area contributed by atoms with Crippen molar-refractivity contribution < 1.29 is 19.3 Å². The predicted molar refractivity (Wildman–Crippen MR) is 72.8 cm³/mol. The van der Waals surface area contributed by atoms with E-state index in [2.05, 4.69) is 0 Å². The minimum Gasteiger partial charge on any atom is -0.486 e. The monoisotopic (exact) mass is 286 g/mol. The third-order valence-electron chi connectivity index (χ3n) is 3.18. The molecule has 4 nitrogen and oxygen atoms in total. The lowest BCUT2D eigenvalue weighted by Gasteiger charge is -2.40. The molecule has 1 saturated carbocycles. The first-order valence-corrected chi connectivity index (χ1v) is 6.71. The Morgan fingerprint density at radius 3 is 2.84 bits per heavy atom. The molecule has 3 atom stereocenters. The summed E-state index contributed by atoms with van der Waals surface area (Å²) in [7, 11) is 1.61. The normalized spacial score (nSPS) is 26.0.